The fourth-order valence-electron chi connectivity index (χ4n) is 2.73. The van der Waals surface area contributed by atoms with Crippen LogP contribution in [0.2, 0.25) is 0 Å². The Morgan fingerprint density at radius 1 is 1.00 bits per heavy atom. The van der Waals surface area contributed by atoms with Gasteiger partial charge in [-0.2, -0.15) is 0 Å². The van der Waals surface area contributed by atoms with E-state index in [0.717, 1.165) is 29.2 Å². The lowest BCUT2D eigenvalue weighted by molar-refractivity contribution is -0.121. The molecule has 3 rings (SSSR count). The lowest BCUT2D eigenvalue weighted by atomic mass is 10.2. The molecule has 0 unspecified atom stereocenters. The molecule has 1 heterocycles. The Labute approximate surface area is 188 Å². The Hall–Kier alpha value is -2.49. The number of fused-ring (bicyclic) bond motifs is 1. The van der Waals surface area contributed by atoms with Crippen LogP contribution in [0.3, 0.4) is 0 Å². The van der Waals surface area contributed by atoms with Crippen LogP contribution in [0.1, 0.15) is 24.5 Å². The van der Waals surface area contributed by atoms with Crippen molar-refractivity contribution in [1.29, 1.82) is 0 Å². The molecule has 7 nitrogen and oxygen atoms in total. The third kappa shape index (κ3) is 7.45. The summed E-state index contributed by atoms with van der Waals surface area (Å²) >= 11 is 0. The largest absolute Gasteiger partial charge is 0.454 e. The van der Waals surface area contributed by atoms with Crippen LogP contribution in [0.5, 0.6) is 11.5 Å². The van der Waals surface area contributed by atoms with Gasteiger partial charge in [-0.25, -0.2) is 4.99 Å². The SMILES string of the molecule is CCNC(=NCc1ccc2c(c1)OCO2)NCCC(=O)NCc1ccccc1.I. The number of ether oxygens (including phenoxy) is 2. The van der Waals surface area contributed by atoms with Crippen molar-refractivity contribution in [1.82, 2.24) is 16.0 Å². The average Bonchev–Trinajstić information content (AvgIpc) is 3.19. The highest BCUT2D eigenvalue weighted by Crippen LogP contribution is 2.32. The average molecular weight is 510 g/mol. The van der Waals surface area contributed by atoms with Gasteiger partial charge in [0.25, 0.3) is 0 Å². The van der Waals surface area contributed by atoms with Crippen molar-refractivity contribution < 1.29 is 14.3 Å². The van der Waals surface area contributed by atoms with E-state index in [-0.39, 0.29) is 36.7 Å². The second-order valence-electron chi connectivity index (χ2n) is 6.32. The van der Waals surface area contributed by atoms with Crippen molar-refractivity contribution in [3.63, 3.8) is 0 Å². The summed E-state index contributed by atoms with van der Waals surface area (Å²) in [4.78, 5) is 16.6. The first-order valence-corrected chi connectivity index (χ1v) is 9.46. The van der Waals surface area contributed by atoms with Crippen LogP contribution in [0, 0.1) is 0 Å². The molecule has 1 aliphatic heterocycles. The van der Waals surface area contributed by atoms with Gasteiger partial charge in [0.15, 0.2) is 17.5 Å². The molecule has 8 heteroatoms. The van der Waals surface area contributed by atoms with E-state index in [9.17, 15) is 4.79 Å². The fraction of sp³-hybridized carbons (Fsp3) is 0.333. The molecule has 3 N–H and O–H groups in total. The molecule has 0 bridgehead atoms. The van der Waals surface area contributed by atoms with Crippen molar-refractivity contribution >= 4 is 35.8 Å². The van der Waals surface area contributed by atoms with Gasteiger partial charge in [0.2, 0.25) is 12.7 Å². The third-order valence-corrected chi connectivity index (χ3v) is 4.18. The Bertz CT molecular complexity index is 815. The van der Waals surface area contributed by atoms with Gasteiger partial charge in [0.05, 0.1) is 6.54 Å². The molecule has 0 saturated carbocycles. The van der Waals surface area contributed by atoms with Gasteiger partial charge in [0, 0.05) is 26.1 Å². The van der Waals surface area contributed by atoms with Crippen LogP contribution in [0.15, 0.2) is 53.5 Å². The summed E-state index contributed by atoms with van der Waals surface area (Å²) in [6.07, 6.45) is 0.376. The molecule has 2 aromatic rings. The molecule has 2 aromatic carbocycles. The lowest BCUT2D eigenvalue weighted by Crippen LogP contribution is -2.39. The standard InChI is InChI=1S/C21H26N4O3.HI/c1-2-22-21(25-14-17-8-9-18-19(12-17)28-15-27-18)23-11-10-20(26)24-13-16-6-4-3-5-7-16;/h3-9,12H,2,10-11,13-15H2,1H3,(H,24,26)(H2,22,23,25);1H. The topological polar surface area (TPSA) is 84.0 Å². The van der Waals surface area contributed by atoms with Crippen molar-refractivity contribution in [3.8, 4) is 11.5 Å². The zero-order valence-electron chi connectivity index (χ0n) is 16.4. The van der Waals surface area contributed by atoms with E-state index in [0.29, 0.717) is 32.0 Å². The van der Waals surface area contributed by atoms with Gasteiger partial charge in [-0.3, -0.25) is 4.79 Å². The number of amides is 1. The number of rotatable bonds is 8. The molecule has 156 valence electrons. The number of benzene rings is 2. The minimum Gasteiger partial charge on any atom is -0.454 e. The first kappa shape index (κ1) is 22.8. The van der Waals surface area contributed by atoms with E-state index < -0.39 is 0 Å². The Balaban J connectivity index is 0.00000300. The molecule has 0 spiro atoms. The van der Waals surface area contributed by atoms with Crippen LogP contribution >= 0.6 is 24.0 Å². The maximum atomic E-state index is 12.0. The van der Waals surface area contributed by atoms with E-state index in [1.54, 1.807) is 0 Å². The quantitative estimate of drug-likeness (QED) is 0.289. The zero-order chi connectivity index (χ0) is 19.6. The maximum absolute atomic E-state index is 12.0. The van der Waals surface area contributed by atoms with Crippen molar-refractivity contribution in [2.75, 3.05) is 19.9 Å². The Kier molecular flexibility index (Phi) is 9.55. The number of nitrogens with one attached hydrogen (secondary N) is 3. The van der Waals surface area contributed by atoms with Crippen LogP contribution in [-0.2, 0) is 17.9 Å². The van der Waals surface area contributed by atoms with Crippen molar-refractivity contribution in [2.45, 2.75) is 26.4 Å². The van der Waals surface area contributed by atoms with E-state index in [1.807, 2.05) is 55.5 Å². The molecular formula is C21H27IN4O3. The molecule has 0 saturated heterocycles. The van der Waals surface area contributed by atoms with Gasteiger partial charge in [0.1, 0.15) is 0 Å². The lowest BCUT2D eigenvalue weighted by Gasteiger charge is -2.11. The summed E-state index contributed by atoms with van der Waals surface area (Å²) in [5.74, 6) is 2.19. The molecule has 29 heavy (non-hydrogen) atoms. The van der Waals surface area contributed by atoms with E-state index in [1.165, 1.54) is 0 Å². The predicted molar refractivity (Wildman–Crippen MR) is 124 cm³/mol. The maximum Gasteiger partial charge on any atom is 0.231 e. The first-order chi connectivity index (χ1) is 13.7. The first-order valence-electron chi connectivity index (χ1n) is 9.46. The Morgan fingerprint density at radius 3 is 2.59 bits per heavy atom. The van der Waals surface area contributed by atoms with E-state index >= 15 is 0 Å². The highest BCUT2D eigenvalue weighted by molar-refractivity contribution is 14.0. The molecule has 1 aliphatic rings. The van der Waals surface area contributed by atoms with Crippen molar-refractivity contribution in [3.05, 3.63) is 59.7 Å². The van der Waals surface area contributed by atoms with Gasteiger partial charge < -0.3 is 25.4 Å². The molecule has 0 aliphatic carbocycles. The molecule has 0 radical (unpaired) electrons. The Morgan fingerprint density at radius 2 is 1.79 bits per heavy atom. The summed E-state index contributed by atoms with van der Waals surface area (Å²) in [6, 6.07) is 15.7. The predicted octanol–water partition coefficient (Wildman–Crippen LogP) is 2.79. The number of hydrogen-bond donors (Lipinski definition) is 3. The molecule has 0 aromatic heterocycles. The number of guanidine groups is 1. The normalized spacial score (nSPS) is 12.1. The van der Waals surface area contributed by atoms with E-state index in [2.05, 4.69) is 20.9 Å². The fourth-order valence-corrected chi connectivity index (χ4v) is 2.73. The van der Waals surface area contributed by atoms with Gasteiger partial charge in [-0.05, 0) is 30.2 Å². The van der Waals surface area contributed by atoms with Gasteiger partial charge in [-0.1, -0.05) is 36.4 Å². The molecule has 1 amide bonds. The second kappa shape index (κ2) is 12.2. The van der Waals surface area contributed by atoms with Crippen molar-refractivity contribution in [2.24, 2.45) is 4.99 Å². The van der Waals surface area contributed by atoms with Gasteiger partial charge in [-0.15, -0.1) is 24.0 Å². The number of carbonyl (C=O) groups excluding carboxylic acids is 1. The van der Waals surface area contributed by atoms with E-state index in [4.69, 9.17) is 9.47 Å². The summed E-state index contributed by atoms with van der Waals surface area (Å²) in [5, 5.41) is 9.30. The number of hydrogen-bond acceptors (Lipinski definition) is 4. The smallest absolute Gasteiger partial charge is 0.231 e. The highest BCUT2D eigenvalue weighted by Gasteiger charge is 2.13. The number of halogens is 1. The minimum atomic E-state index is 0. The number of aliphatic imine (C=N–C) groups is 1. The van der Waals surface area contributed by atoms with Crippen LogP contribution < -0.4 is 25.4 Å². The highest BCUT2D eigenvalue weighted by atomic mass is 127. The third-order valence-electron chi connectivity index (χ3n) is 4.18. The second-order valence-corrected chi connectivity index (χ2v) is 6.32. The molecule has 0 fully saturated rings. The number of nitrogens with zero attached hydrogens (tertiary/aromatic N) is 1. The molecular weight excluding hydrogens is 483 g/mol. The van der Waals surface area contributed by atoms with Gasteiger partial charge >= 0.3 is 0 Å². The monoisotopic (exact) mass is 510 g/mol. The van der Waals surface area contributed by atoms with Crippen LogP contribution in [0.25, 0.3) is 0 Å². The molecule has 0 atom stereocenters. The summed E-state index contributed by atoms with van der Waals surface area (Å²) in [6.45, 7) is 4.56. The van der Waals surface area contributed by atoms with Crippen LogP contribution in [0.4, 0.5) is 0 Å². The summed E-state index contributed by atoms with van der Waals surface area (Å²) in [7, 11) is 0. The summed E-state index contributed by atoms with van der Waals surface area (Å²) < 4.78 is 10.7. The minimum absolute atomic E-state index is 0. The zero-order valence-corrected chi connectivity index (χ0v) is 18.8. The summed E-state index contributed by atoms with van der Waals surface area (Å²) in [5.41, 5.74) is 2.12. The number of carbonyl (C=O) groups is 1. The van der Waals surface area contributed by atoms with Crippen LogP contribution in [-0.4, -0.2) is 31.7 Å².